The molecule has 0 bridgehead atoms. The molecule has 1 saturated carbocycles. The van der Waals surface area contributed by atoms with E-state index in [1.54, 1.807) is 29.3 Å². The molecule has 148 valence electrons. The van der Waals surface area contributed by atoms with Crippen molar-refractivity contribution in [3.8, 4) is 5.75 Å². The molecule has 6 nitrogen and oxygen atoms in total. The van der Waals surface area contributed by atoms with Crippen molar-refractivity contribution < 1.29 is 19.4 Å². The highest BCUT2D eigenvalue weighted by molar-refractivity contribution is 6.46. The lowest BCUT2D eigenvalue weighted by molar-refractivity contribution is -0.141. The number of aliphatic hydroxyl groups excluding tert-OH is 1. The third-order valence-corrected chi connectivity index (χ3v) is 6.13. The first-order valence-corrected chi connectivity index (χ1v) is 10.1. The van der Waals surface area contributed by atoms with Gasteiger partial charge in [-0.25, -0.2) is 0 Å². The van der Waals surface area contributed by atoms with Gasteiger partial charge in [0.05, 0.1) is 17.9 Å². The van der Waals surface area contributed by atoms with Crippen LogP contribution in [-0.4, -0.2) is 39.3 Å². The molecule has 5 rings (SSSR count). The zero-order valence-corrected chi connectivity index (χ0v) is 16.0. The molecule has 1 aromatic heterocycles. The minimum absolute atomic E-state index is 0.00261. The summed E-state index contributed by atoms with van der Waals surface area (Å²) in [6.45, 7) is 0.611. The second-order valence-electron chi connectivity index (χ2n) is 7.82. The number of rotatable bonds is 3. The summed E-state index contributed by atoms with van der Waals surface area (Å²) in [6.07, 6.45) is 6.22. The van der Waals surface area contributed by atoms with E-state index in [-0.39, 0.29) is 17.4 Å². The zero-order chi connectivity index (χ0) is 20.0. The highest BCUT2D eigenvalue weighted by Gasteiger charge is 2.49. The molecule has 2 aromatic rings. The third-order valence-electron chi connectivity index (χ3n) is 6.13. The molecule has 1 amide bonds. The molecule has 1 aromatic carbocycles. The molecule has 0 radical (unpaired) electrons. The Bertz CT molecular complexity index is 1010. The summed E-state index contributed by atoms with van der Waals surface area (Å²) in [6, 6.07) is 10.2. The number of nitrogens with zero attached hydrogens (tertiary/aromatic N) is 2. The van der Waals surface area contributed by atoms with E-state index in [0.717, 1.165) is 43.4 Å². The third kappa shape index (κ3) is 2.90. The van der Waals surface area contributed by atoms with Crippen molar-refractivity contribution in [2.45, 2.75) is 44.2 Å². The lowest BCUT2D eigenvalue weighted by Gasteiger charge is -2.30. The van der Waals surface area contributed by atoms with Gasteiger partial charge in [-0.05, 0) is 48.7 Å². The number of pyridine rings is 1. The Morgan fingerprint density at radius 1 is 1.14 bits per heavy atom. The predicted molar refractivity (Wildman–Crippen MR) is 106 cm³/mol. The summed E-state index contributed by atoms with van der Waals surface area (Å²) < 4.78 is 5.53. The number of hydrogen-bond donors (Lipinski definition) is 1. The van der Waals surface area contributed by atoms with Crippen LogP contribution in [0, 0.1) is 0 Å². The average Bonchev–Trinajstić information content (AvgIpc) is 3.48. The van der Waals surface area contributed by atoms with Gasteiger partial charge in [-0.2, -0.15) is 0 Å². The smallest absolute Gasteiger partial charge is 0.295 e. The molecule has 1 aliphatic carbocycles. The Balaban J connectivity index is 1.65. The lowest BCUT2D eigenvalue weighted by Crippen LogP contribution is -2.37. The number of amides is 1. The van der Waals surface area contributed by atoms with Gasteiger partial charge in [0, 0.05) is 24.2 Å². The van der Waals surface area contributed by atoms with Gasteiger partial charge in [0.1, 0.15) is 17.6 Å². The standard InChI is InChI=1S/C23H22N2O4/c26-21(15-8-9-18-14(13-15)10-12-29-18)19-20(17-7-3-4-11-24-17)25(23(28)22(19)27)16-5-1-2-6-16/h3-4,7-9,11,13,16,20,26H,1-2,5-6,10,12H2/b21-19-. The second-order valence-corrected chi connectivity index (χ2v) is 7.82. The number of aliphatic hydroxyl groups is 1. The monoisotopic (exact) mass is 390 g/mol. The first-order valence-electron chi connectivity index (χ1n) is 10.1. The van der Waals surface area contributed by atoms with Gasteiger partial charge in [0.15, 0.2) is 0 Å². The van der Waals surface area contributed by atoms with Gasteiger partial charge in [-0.1, -0.05) is 18.9 Å². The Morgan fingerprint density at radius 3 is 2.72 bits per heavy atom. The first-order chi connectivity index (χ1) is 14.1. The number of benzene rings is 1. The van der Waals surface area contributed by atoms with Gasteiger partial charge < -0.3 is 14.7 Å². The molecule has 3 heterocycles. The molecule has 2 fully saturated rings. The second kappa shape index (κ2) is 7.03. The van der Waals surface area contributed by atoms with E-state index < -0.39 is 17.7 Å². The molecular formula is C23H22N2O4. The summed E-state index contributed by atoms with van der Waals surface area (Å²) in [4.78, 5) is 32.1. The van der Waals surface area contributed by atoms with E-state index in [1.807, 2.05) is 18.2 Å². The van der Waals surface area contributed by atoms with Crippen LogP contribution in [0.1, 0.15) is 48.5 Å². The molecule has 6 heteroatoms. The minimum atomic E-state index is -0.663. The molecular weight excluding hydrogens is 368 g/mol. The topological polar surface area (TPSA) is 79.7 Å². The van der Waals surface area contributed by atoms with Crippen molar-refractivity contribution in [1.82, 2.24) is 9.88 Å². The molecule has 2 aliphatic heterocycles. The van der Waals surface area contributed by atoms with Crippen molar-refractivity contribution in [3.05, 3.63) is 65.0 Å². The van der Waals surface area contributed by atoms with Gasteiger partial charge in [0.2, 0.25) is 0 Å². The molecule has 1 saturated heterocycles. The van der Waals surface area contributed by atoms with E-state index in [2.05, 4.69) is 4.98 Å². The maximum atomic E-state index is 13.0. The van der Waals surface area contributed by atoms with Crippen molar-refractivity contribution in [3.63, 3.8) is 0 Å². The first kappa shape index (κ1) is 17.9. The van der Waals surface area contributed by atoms with Gasteiger partial charge >= 0.3 is 0 Å². The zero-order valence-electron chi connectivity index (χ0n) is 16.0. The molecule has 1 unspecified atom stereocenters. The van der Waals surface area contributed by atoms with Crippen molar-refractivity contribution in [2.24, 2.45) is 0 Å². The fourth-order valence-corrected chi connectivity index (χ4v) is 4.73. The molecule has 29 heavy (non-hydrogen) atoms. The number of aromatic nitrogens is 1. The molecule has 0 spiro atoms. The molecule has 1 atom stereocenters. The number of hydrogen-bond acceptors (Lipinski definition) is 5. The fraction of sp³-hybridized carbons (Fsp3) is 0.348. The van der Waals surface area contributed by atoms with E-state index in [0.29, 0.717) is 17.9 Å². The van der Waals surface area contributed by atoms with Crippen LogP contribution in [0.15, 0.2) is 48.2 Å². The minimum Gasteiger partial charge on any atom is -0.507 e. The number of carbonyl (C=O) groups is 2. The summed E-state index contributed by atoms with van der Waals surface area (Å²) in [5.74, 6) is -0.524. The normalized spacial score (nSPS) is 23.4. The average molecular weight is 390 g/mol. The SMILES string of the molecule is O=C1C(=O)N(C2CCCC2)C(c2ccccn2)/C1=C(/O)c1ccc2c(c1)CCO2. The molecule has 1 N–H and O–H groups in total. The van der Waals surface area contributed by atoms with Crippen LogP contribution >= 0.6 is 0 Å². The van der Waals surface area contributed by atoms with Gasteiger partial charge in [0.25, 0.3) is 11.7 Å². The number of likely N-dealkylation sites (tertiary alicyclic amines) is 1. The fourth-order valence-electron chi connectivity index (χ4n) is 4.73. The van der Waals surface area contributed by atoms with E-state index in [9.17, 15) is 14.7 Å². The highest BCUT2D eigenvalue weighted by atomic mass is 16.5. The van der Waals surface area contributed by atoms with Crippen LogP contribution in [0.25, 0.3) is 5.76 Å². The van der Waals surface area contributed by atoms with E-state index in [4.69, 9.17) is 4.74 Å². The number of ether oxygens (including phenoxy) is 1. The Kier molecular flexibility index (Phi) is 4.34. The summed E-state index contributed by atoms with van der Waals surface area (Å²) in [5, 5.41) is 11.1. The van der Waals surface area contributed by atoms with Crippen LogP contribution < -0.4 is 4.74 Å². The summed E-state index contributed by atoms with van der Waals surface area (Å²) in [5.41, 5.74) is 2.25. The van der Waals surface area contributed by atoms with Crippen molar-refractivity contribution in [1.29, 1.82) is 0 Å². The Labute approximate surface area is 168 Å². The van der Waals surface area contributed by atoms with Crippen molar-refractivity contribution >= 4 is 17.4 Å². The molecule has 3 aliphatic rings. The predicted octanol–water partition coefficient (Wildman–Crippen LogP) is 3.38. The number of carbonyl (C=O) groups excluding carboxylic acids is 2. The van der Waals surface area contributed by atoms with E-state index in [1.165, 1.54) is 0 Å². The largest absolute Gasteiger partial charge is 0.507 e. The van der Waals surface area contributed by atoms with Crippen molar-refractivity contribution in [2.75, 3.05) is 6.61 Å². The van der Waals surface area contributed by atoms with Gasteiger partial charge in [-0.3, -0.25) is 14.6 Å². The number of fused-ring (bicyclic) bond motifs is 1. The Hall–Kier alpha value is -3.15. The van der Waals surface area contributed by atoms with Gasteiger partial charge in [-0.15, -0.1) is 0 Å². The Morgan fingerprint density at radius 2 is 1.97 bits per heavy atom. The number of Topliss-reactive ketones (excluding diaryl/α,β-unsaturated/α-hetero) is 1. The van der Waals surface area contributed by atoms with Crippen LogP contribution in [-0.2, 0) is 16.0 Å². The number of ketones is 1. The maximum absolute atomic E-state index is 13.0. The van der Waals surface area contributed by atoms with Crippen LogP contribution in [0.3, 0.4) is 0 Å². The van der Waals surface area contributed by atoms with Crippen LogP contribution in [0.4, 0.5) is 0 Å². The highest BCUT2D eigenvalue weighted by Crippen LogP contribution is 2.43. The lowest BCUT2D eigenvalue weighted by atomic mass is 9.96. The quantitative estimate of drug-likeness (QED) is 0.494. The summed E-state index contributed by atoms with van der Waals surface area (Å²) >= 11 is 0. The maximum Gasteiger partial charge on any atom is 0.295 e. The van der Waals surface area contributed by atoms with E-state index >= 15 is 0 Å². The van der Waals surface area contributed by atoms with Crippen LogP contribution in [0.2, 0.25) is 0 Å². The summed E-state index contributed by atoms with van der Waals surface area (Å²) in [7, 11) is 0. The van der Waals surface area contributed by atoms with Crippen LogP contribution in [0.5, 0.6) is 5.75 Å².